The number of hydrogen-bond acceptors (Lipinski definition) is 1. The minimum absolute atomic E-state index is 0.346. The third-order valence-electron chi connectivity index (χ3n) is 8.00. The Morgan fingerprint density at radius 3 is 2.11 bits per heavy atom. The van der Waals surface area contributed by atoms with Gasteiger partial charge in [-0.3, -0.25) is 0 Å². The maximum atomic E-state index is 14.1. The molecule has 0 amide bonds. The van der Waals surface area contributed by atoms with Gasteiger partial charge in [-0.05, 0) is 111 Å². The lowest BCUT2D eigenvalue weighted by Gasteiger charge is -2.45. The molecule has 0 spiro atoms. The van der Waals surface area contributed by atoms with E-state index in [2.05, 4.69) is 11.7 Å². The van der Waals surface area contributed by atoms with Crippen molar-refractivity contribution in [1.82, 2.24) is 0 Å². The molecule has 28 heavy (non-hydrogen) atoms. The van der Waals surface area contributed by atoms with Crippen LogP contribution >= 0.6 is 0 Å². The second kappa shape index (κ2) is 8.67. The van der Waals surface area contributed by atoms with Gasteiger partial charge in [-0.25, -0.2) is 4.39 Å². The molecular formula is C24H33F3O. The molecule has 0 N–H and O–H groups in total. The second-order valence-electron chi connectivity index (χ2n) is 9.69. The van der Waals surface area contributed by atoms with Crippen LogP contribution < -0.4 is 4.74 Å². The Balaban J connectivity index is 1.31. The molecule has 4 unspecified atom stereocenters. The van der Waals surface area contributed by atoms with Gasteiger partial charge in [0.1, 0.15) is 0 Å². The summed E-state index contributed by atoms with van der Waals surface area (Å²) >= 11 is 0. The van der Waals surface area contributed by atoms with Gasteiger partial charge in [0.2, 0.25) is 0 Å². The van der Waals surface area contributed by atoms with Gasteiger partial charge < -0.3 is 4.74 Å². The van der Waals surface area contributed by atoms with Gasteiger partial charge in [0.25, 0.3) is 0 Å². The maximum absolute atomic E-state index is 14.1. The monoisotopic (exact) mass is 394 g/mol. The van der Waals surface area contributed by atoms with E-state index in [4.69, 9.17) is 0 Å². The van der Waals surface area contributed by atoms with E-state index in [9.17, 15) is 13.2 Å². The molecule has 0 bridgehead atoms. The van der Waals surface area contributed by atoms with E-state index in [1.807, 2.05) is 0 Å². The van der Waals surface area contributed by atoms with Gasteiger partial charge in [0, 0.05) is 0 Å². The topological polar surface area (TPSA) is 9.23 Å². The fourth-order valence-corrected chi connectivity index (χ4v) is 6.47. The predicted octanol–water partition coefficient (Wildman–Crippen LogP) is 7.55. The van der Waals surface area contributed by atoms with E-state index >= 15 is 0 Å². The smallest absolute Gasteiger partial charge is 0.387 e. The molecule has 3 aliphatic carbocycles. The Labute approximate surface area is 167 Å². The van der Waals surface area contributed by atoms with Crippen LogP contribution in [0.2, 0.25) is 0 Å². The summed E-state index contributed by atoms with van der Waals surface area (Å²) in [4.78, 5) is 0. The van der Waals surface area contributed by atoms with Crippen LogP contribution in [0.1, 0.15) is 82.6 Å². The standard InChI is InChI=1S/C24H33F3O/c1-15-2-3-20-13-19(9-8-18(20)12-15)16-4-6-17(7-5-16)21-10-11-23(22(25)14-21)28-24(26)27/h10-11,14-20,24H,2-9,12-13H2,1H3. The fourth-order valence-electron chi connectivity index (χ4n) is 6.47. The summed E-state index contributed by atoms with van der Waals surface area (Å²) in [5.74, 6) is 3.88. The average molecular weight is 395 g/mol. The van der Waals surface area contributed by atoms with Gasteiger partial charge >= 0.3 is 6.61 Å². The van der Waals surface area contributed by atoms with Crippen molar-refractivity contribution >= 4 is 0 Å². The molecule has 4 rings (SSSR count). The first-order valence-corrected chi connectivity index (χ1v) is 11.2. The molecule has 4 heteroatoms. The minimum Gasteiger partial charge on any atom is -0.432 e. The first-order valence-electron chi connectivity index (χ1n) is 11.2. The molecule has 1 nitrogen and oxygen atoms in total. The van der Waals surface area contributed by atoms with Gasteiger partial charge in [0.15, 0.2) is 11.6 Å². The van der Waals surface area contributed by atoms with Crippen LogP contribution in [0.3, 0.4) is 0 Å². The van der Waals surface area contributed by atoms with Crippen molar-refractivity contribution in [1.29, 1.82) is 0 Å². The zero-order valence-electron chi connectivity index (χ0n) is 16.9. The SMILES string of the molecule is CC1CCC2CC(C3CCC(c4ccc(OC(F)F)c(F)c4)CC3)CCC2C1. The molecule has 0 radical (unpaired) electrons. The molecule has 0 saturated heterocycles. The van der Waals surface area contributed by atoms with Crippen LogP contribution in [0.15, 0.2) is 18.2 Å². The highest BCUT2D eigenvalue weighted by Gasteiger charge is 2.38. The maximum Gasteiger partial charge on any atom is 0.387 e. The summed E-state index contributed by atoms with van der Waals surface area (Å²) in [6.07, 6.45) is 13.2. The largest absolute Gasteiger partial charge is 0.432 e. The van der Waals surface area contributed by atoms with Crippen molar-refractivity contribution in [3.8, 4) is 5.75 Å². The summed E-state index contributed by atoms with van der Waals surface area (Å²) in [5, 5.41) is 0. The highest BCUT2D eigenvalue weighted by molar-refractivity contribution is 5.31. The lowest BCUT2D eigenvalue weighted by molar-refractivity contribution is -0.0522. The van der Waals surface area contributed by atoms with Crippen LogP contribution in [0.25, 0.3) is 0 Å². The van der Waals surface area contributed by atoms with E-state index in [-0.39, 0.29) is 5.75 Å². The number of fused-ring (bicyclic) bond motifs is 1. The number of rotatable bonds is 4. The van der Waals surface area contributed by atoms with Crippen molar-refractivity contribution in [3.63, 3.8) is 0 Å². The van der Waals surface area contributed by atoms with Gasteiger partial charge in [0.05, 0.1) is 0 Å². The van der Waals surface area contributed by atoms with E-state index in [1.54, 1.807) is 6.07 Å². The van der Waals surface area contributed by atoms with Crippen LogP contribution in [-0.2, 0) is 0 Å². The van der Waals surface area contributed by atoms with Crippen molar-refractivity contribution in [2.75, 3.05) is 0 Å². The van der Waals surface area contributed by atoms with Crippen molar-refractivity contribution in [2.45, 2.75) is 83.7 Å². The normalized spacial score (nSPS) is 36.2. The second-order valence-corrected chi connectivity index (χ2v) is 9.69. The lowest BCUT2D eigenvalue weighted by atomic mass is 9.61. The first kappa shape index (κ1) is 20.1. The third kappa shape index (κ3) is 4.52. The molecule has 3 saturated carbocycles. The van der Waals surface area contributed by atoms with Crippen molar-refractivity contribution in [3.05, 3.63) is 29.6 Å². The summed E-state index contributed by atoms with van der Waals surface area (Å²) in [6, 6.07) is 4.52. The van der Waals surface area contributed by atoms with Gasteiger partial charge in [-0.15, -0.1) is 0 Å². The molecule has 156 valence electrons. The first-order chi connectivity index (χ1) is 13.5. The van der Waals surface area contributed by atoms with Gasteiger partial charge in [-0.1, -0.05) is 19.4 Å². The van der Waals surface area contributed by atoms with Gasteiger partial charge in [-0.2, -0.15) is 8.78 Å². The van der Waals surface area contributed by atoms with Crippen molar-refractivity contribution < 1.29 is 17.9 Å². The Bertz CT molecular complexity index is 653. The van der Waals surface area contributed by atoms with Crippen LogP contribution in [-0.4, -0.2) is 6.61 Å². The highest BCUT2D eigenvalue weighted by Crippen LogP contribution is 2.49. The fraction of sp³-hybridized carbons (Fsp3) is 0.750. The Morgan fingerprint density at radius 2 is 1.43 bits per heavy atom. The molecule has 0 heterocycles. The Kier molecular flexibility index (Phi) is 6.22. The van der Waals surface area contributed by atoms with Crippen LogP contribution in [0, 0.1) is 35.4 Å². The summed E-state index contributed by atoms with van der Waals surface area (Å²) in [6.45, 7) is -0.572. The molecule has 4 atom stereocenters. The predicted molar refractivity (Wildman–Crippen MR) is 105 cm³/mol. The molecule has 3 aliphatic rings. The quantitative estimate of drug-likeness (QED) is 0.512. The molecule has 3 fully saturated rings. The van der Waals surface area contributed by atoms with E-state index < -0.39 is 12.4 Å². The minimum atomic E-state index is -2.99. The Morgan fingerprint density at radius 1 is 0.821 bits per heavy atom. The number of halogens is 3. The molecular weight excluding hydrogens is 361 g/mol. The number of ether oxygens (including phenoxy) is 1. The van der Waals surface area contributed by atoms with Crippen LogP contribution in [0.4, 0.5) is 13.2 Å². The van der Waals surface area contributed by atoms with E-state index in [0.29, 0.717) is 5.92 Å². The highest BCUT2D eigenvalue weighted by atomic mass is 19.3. The Hall–Kier alpha value is -1.19. The van der Waals surface area contributed by atoms with Crippen LogP contribution in [0.5, 0.6) is 5.75 Å². The van der Waals surface area contributed by atoms with Crippen molar-refractivity contribution in [2.24, 2.45) is 29.6 Å². The number of benzene rings is 1. The lowest BCUT2D eigenvalue weighted by Crippen LogP contribution is -2.34. The summed E-state index contributed by atoms with van der Waals surface area (Å²) in [5.41, 5.74) is 0.933. The average Bonchev–Trinajstić information content (AvgIpc) is 2.69. The summed E-state index contributed by atoms with van der Waals surface area (Å²) in [7, 11) is 0. The molecule has 1 aromatic rings. The van der Waals surface area contributed by atoms with E-state index in [0.717, 1.165) is 48.0 Å². The zero-order chi connectivity index (χ0) is 19.7. The number of alkyl halides is 2. The molecule has 0 aromatic heterocycles. The molecule has 1 aromatic carbocycles. The van der Waals surface area contributed by atoms with E-state index in [1.165, 1.54) is 63.5 Å². The number of hydrogen-bond donors (Lipinski definition) is 0. The zero-order valence-corrected chi connectivity index (χ0v) is 16.9. The summed E-state index contributed by atoms with van der Waals surface area (Å²) < 4.78 is 42.9. The third-order valence-corrected chi connectivity index (χ3v) is 8.00. The molecule has 0 aliphatic heterocycles.